The van der Waals surface area contributed by atoms with Gasteiger partial charge in [-0.05, 0) is 36.1 Å². The number of sulfonamides is 1. The second-order valence-electron chi connectivity index (χ2n) is 9.91. The number of amides is 2. The zero-order chi connectivity index (χ0) is 26.2. The highest BCUT2D eigenvalue weighted by Gasteiger charge is 2.39. The van der Waals surface area contributed by atoms with Gasteiger partial charge in [0.25, 0.3) is 5.91 Å². The maximum absolute atomic E-state index is 13.1. The number of rotatable bonds is 7. The molecule has 0 radical (unpaired) electrons. The van der Waals surface area contributed by atoms with E-state index in [1.54, 1.807) is 11.0 Å². The summed E-state index contributed by atoms with van der Waals surface area (Å²) in [6.45, 7) is 7.66. The minimum atomic E-state index is -3.14. The van der Waals surface area contributed by atoms with Crippen LogP contribution in [0.3, 0.4) is 0 Å². The molecule has 9 nitrogen and oxygen atoms in total. The summed E-state index contributed by atoms with van der Waals surface area (Å²) in [5.74, 6) is 0.316. The van der Waals surface area contributed by atoms with Gasteiger partial charge in [-0.15, -0.1) is 0 Å². The van der Waals surface area contributed by atoms with Crippen molar-refractivity contribution in [3.8, 4) is 5.75 Å². The van der Waals surface area contributed by atoms with Crippen LogP contribution in [0.5, 0.6) is 5.75 Å². The van der Waals surface area contributed by atoms with E-state index in [-0.39, 0.29) is 11.8 Å². The molecule has 3 aliphatic heterocycles. The molecule has 0 aliphatic carbocycles. The quantitative estimate of drug-likeness (QED) is 0.596. The fourth-order valence-corrected chi connectivity index (χ4v) is 6.06. The summed E-state index contributed by atoms with van der Waals surface area (Å²) in [6.07, 6.45) is 2.48. The lowest BCUT2D eigenvalue weighted by molar-refractivity contribution is -0.126. The van der Waals surface area contributed by atoms with Gasteiger partial charge in [0.2, 0.25) is 15.9 Å². The molecular formula is C27H32N4O5S. The highest BCUT2D eigenvalue weighted by molar-refractivity contribution is 7.88. The van der Waals surface area contributed by atoms with E-state index in [0.29, 0.717) is 69.2 Å². The molecule has 2 aromatic rings. The summed E-state index contributed by atoms with van der Waals surface area (Å²) >= 11 is 0. The first-order valence-corrected chi connectivity index (χ1v) is 14.3. The largest absolute Gasteiger partial charge is 0.489 e. The van der Waals surface area contributed by atoms with Crippen LogP contribution in [0.2, 0.25) is 0 Å². The van der Waals surface area contributed by atoms with Gasteiger partial charge in [-0.25, -0.2) is 8.42 Å². The molecule has 1 N–H and O–H groups in total. The van der Waals surface area contributed by atoms with Gasteiger partial charge in [0.05, 0.1) is 12.8 Å². The van der Waals surface area contributed by atoms with Crippen LogP contribution in [-0.4, -0.2) is 72.8 Å². The lowest BCUT2D eigenvalue weighted by Crippen LogP contribution is -2.49. The molecule has 2 saturated heterocycles. The fourth-order valence-electron chi connectivity index (χ4n) is 5.23. The Balaban J connectivity index is 1.22. The van der Waals surface area contributed by atoms with Crippen molar-refractivity contribution < 1.29 is 22.7 Å². The number of benzene rings is 2. The van der Waals surface area contributed by atoms with Gasteiger partial charge in [-0.3, -0.25) is 14.5 Å². The molecular weight excluding hydrogens is 492 g/mol. The summed E-state index contributed by atoms with van der Waals surface area (Å²) in [5.41, 5.74) is 4.23. The zero-order valence-corrected chi connectivity index (χ0v) is 21.8. The van der Waals surface area contributed by atoms with E-state index in [9.17, 15) is 18.0 Å². The van der Waals surface area contributed by atoms with Gasteiger partial charge in [0.15, 0.2) is 0 Å². The maximum Gasteiger partial charge on any atom is 0.255 e. The van der Waals surface area contributed by atoms with Crippen LogP contribution in [0.25, 0.3) is 0 Å². The molecule has 37 heavy (non-hydrogen) atoms. The number of fused-ring (bicyclic) bond motifs is 1. The van der Waals surface area contributed by atoms with Crippen LogP contribution in [0.4, 0.5) is 0 Å². The molecule has 1 atom stereocenters. The highest BCUT2D eigenvalue weighted by atomic mass is 32.2. The number of carbonyl (C=O) groups excluding carboxylic acids is 2. The second-order valence-corrected chi connectivity index (χ2v) is 11.9. The van der Waals surface area contributed by atoms with Gasteiger partial charge >= 0.3 is 0 Å². The summed E-state index contributed by atoms with van der Waals surface area (Å²) in [6, 6.07) is 13.1. The molecule has 0 bridgehead atoms. The monoisotopic (exact) mass is 524 g/mol. The van der Waals surface area contributed by atoms with Gasteiger partial charge in [-0.2, -0.15) is 4.31 Å². The van der Waals surface area contributed by atoms with E-state index in [4.69, 9.17) is 4.74 Å². The lowest BCUT2D eigenvalue weighted by atomic mass is 10.0. The molecule has 0 saturated carbocycles. The Kier molecular flexibility index (Phi) is 7.06. The Hall–Kier alpha value is -3.21. The Morgan fingerprint density at radius 2 is 1.78 bits per heavy atom. The Labute approximate surface area is 217 Å². The lowest BCUT2D eigenvalue weighted by Gasteiger charge is -2.33. The number of piperazine rings is 1. The average Bonchev–Trinajstić information content (AvgIpc) is 3.19. The highest BCUT2D eigenvalue weighted by Crippen LogP contribution is 2.34. The number of piperidine rings is 1. The van der Waals surface area contributed by atoms with Crippen LogP contribution in [0, 0.1) is 0 Å². The first-order chi connectivity index (χ1) is 17.7. The van der Waals surface area contributed by atoms with Gasteiger partial charge in [0, 0.05) is 49.5 Å². The van der Waals surface area contributed by atoms with Crippen molar-refractivity contribution >= 4 is 21.8 Å². The normalized spacial score (nSPS) is 21.2. The molecule has 2 aromatic carbocycles. The summed E-state index contributed by atoms with van der Waals surface area (Å²) in [5, 5.41) is 2.77. The Morgan fingerprint density at radius 3 is 2.51 bits per heavy atom. The van der Waals surface area contributed by atoms with Crippen molar-refractivity contribution in [2.45, 2.75) is 38.6 Å². The maximum atomic E-state index is 13.1. The minimum absolute atomic E-state index is 0.147. The molecule has 10 heteroatoms. The third-order valence-corrected chi connectivity index (χ3v) is 8.55. The zero-order valence-electron chi connectivity index (χ0n) is 21.0. The van der Waals surface area contributed by atoms with E-state index in [0.717, 1.165) is 23.2 Å². The van der Waals surface area contributed by atoms with Crippen molar-refractivity contribution in [3.63, 3.8) is 0 Å². The molecule has 2 amide bonds. The number of hydrogen-bond acceptors (Lipinski definition) is 6. The van der Waals surface area contributed by atoms with E-state index < -0.39 is 16.1 Å². The second kappa shape index (κ2) is 10.3. The standard InChI is InChI=1S/C27H32N4O5S/c1-19-9-10-24(26(32)28-19)31-17-23-22(27(31)33)7-4-8-25(23)36-18-21-6-3-5-20(15-21)16-29-11-13-30(14-12-29)37(2,34)35/h3-8,15,24H,1,9-14,16-18H2,2H3,(H,28,32). The summed E-state index contributed by atoms with van der Waals surface area (Å²) < 4.78 is 31.2. The van der Waals surface area contributed by atoms with Crippen molar-refractivity contribution in [1.29, 1.82) is 0 Å². The van der Waals surface area contributed by atoms with Crippen LogP contribution >= 0.6 is 0 Å². The van der Waals surface area contributed by atoms with Crippen LogP contribution in [0.1, 0.15) is 39.9 Å². The molecule has 0 spiro atoms. The van der Waals surface area contributed by atoms with Crippen LogP contribution < -0.4 is 10.1 Å². The van der Waals surface area contributed by atoms with E-state index in [1.165, 1.54) is 10.6 Å². The predicted octanol–water partition coefficient (Wildman–Crippen LogP) is 2.09. The van der Waals surface area contributed by atoms with Gasteiger partial charge < -0.3 is 15.0 Å². The summed E-state index contributed by atoms with van der Waals surface area (Å²) in [7, 11) is -3.14. The molecule has 196 valence electrons. The van der Waals surface area contributed by atoms with Crippen LogP contribution in [0.15, 0.2) is 54.7 Å². The van der Waals surface area contributed by atoms with E-state index >= 15 is 0 Å². The number of nitrogens with one attached hydrogen (secondary N) is 1. The Bertz CT molecular complexity index is 1330. The first-order valence-electron chi connectivity index (χ1n) is 12.5. The smallest absolute Gasteiger partial charge is 0.255 e. The van der Waals surface area contributed by atoms with Crippen LogP contribution in [-0.2, 0) is 34.5 Å². The number of allylic oxidation sites excluding steroid dienone is 1. The minimum Gasteiger partial charge on any atom is -0.489 e. The third-order valence-electron chi connectivity index (χ3n) is 7.24. The topological polar surface area (TPSA) is 99.3 Å². The third kappa shape index (κ3) is 5.56. The average molecular weight is 525 g/mol. The molecule has 5 rings (SSSR count). The Morgan fingerprint density at radius 1 is 1.05 bits per heavy atom. The molecule has 2 fully saturated rings. The van der Waals surface area contributed by atoms with Crippen molar-refractivity contribution in [3.05, 3.63) is 77.0 Å². The molecule has 3 heterocycles. The van der Waals surface area contributed by atoms with Gasteiger partial charge in [-0.1, -0.05) is 36.9 Å². The fraction of sp³-hybridized carbons (Fsp3) is 0.407. The number of carbonyl (C=O) groups is 2. The van der Waals surface area contributed by atoms with Crippen molar-refractivity contribution in [1.82, 2.24) is 19.4 Å². The molecule has 0 aromatic heterocycles. The van der Waals surface area contributed by atoms with E-state index in [2.05, 4.69) is 28.9 Å². The predicted molar refractivity (Wildman–Crippen MR) is 139 cm³/mol. The van der Waals surface area contributed by atoms with Crippen molar-refractivity contribution in [2.75, 3.05) is 32.4 Å². The van der Waals surface area contributed by atoms with Crippen molar-refractivity contribution in [2.24, 2.45) is 0 Å². The van der Waals surface area contributed by atoms with E-state index in [1.807, 2.05) is 24.3 Å². The number of ether oxygens (including phenoxy) is 1. The van der Waals surface area contributed by atoms with Gasteiger partial charge in [0.1, 0.15) is 18.4 Å². The summed E-state index contributed by atoms with van der Waals surface area (Å²) in [4.78, 5) is 29.5. The number of nitrogens with zero attached hydrogens (tertiary/aromatic N) is 3. The molecule has 1 unspecified atom stereocenters. The molecule has 3 aliphatic rings. The number of hydrogen-bond donors (Lipinski definition) is 1. The first kappa shape index (κ1) is 25.4. The SMILES string of the molecule is C=C1CCC(N2Cc3c(OCc4cccc(CN5CCN(S(C)(=O)=O)CC5)c4)cccc3C2=O)C(=O)N1.